The second-order valence-corrected chi connectivity index (χ2v) is 8.05. The van der Waals surface area contributed by atoms with Crippen LogP contribution in [0.5, 0.6) is 0 Å². The maximum Gasteiger partial charge on any atom is 0.336 e. The molecule has 0 aromatic carbocycles. The van der Waals surface area contributed by atoms with Crippen LogP contribution in [0.4, 0.5) is 0 Å². The summed E-state index contributed by atoms with van der Waals surface area (Å²) in [6.45, 7) is 1.81. The molecule has 0 radical (unpaired) electrons. The molecule has 0 bridgehead atoms. The Balaban J connectivity index is 0.000000391. The molecule has 4 amide bonds. The van der Waals surface area contributed by atoms with Crippen LogP contribution in [-0.2, 0) is 67.0 Å². The van der Waals surface area contributed by atoms with Crippen molar-refractivity contribution in [2.45, 2.75) is 64.4 Å². The van der Waals surface area contributed by atoms with Crippen molar-refractivity contribution in [1.29, 1.82) is 0 Å². The van der Waals surface area contributed by atoms with Crippen LogP contribution in [0.1, 0.15) is 58.3 Å². The number of carbonyl (C=O) groups is 8. The van der Waals surface area contributed by atoms with Gasteiger partial charge >= 0.3 is 23.9 Å². The third-order valence-corrected chi connectivity index (χ3v) is 4.77. The normalized spacial score (nSPS) is 15.5. The summed E-state index contributed by atoms with van der Waals surface area (Å²) < 4.78 is 19.0. The predicted octanol–water partition coefficient (Wildman–Crippen LogP) is -0.485. The molecule has 2 fully saturated rings. The molecule has 0 aromatic rings. The smallest absolute Gasteiger partial charge is 0.336 e. The van der Waals surface area contributed by atoms with Crippen molar-refractivity contribution in [3.63, 3.8) is 0 Å². The van der Waals surface area contributed by atoms with Gasteiger partial charge in [0.25, 0.3) is 23.6 Å². The van der Waals surface area contributed by atoms with Crippen molar-refractivity contribution in [2.24, 2.45) is 0 Å². The van der Waals surface area contributed by atoms with Gasteiger partial charge in [-0.15, -0.1) is 10.1 Å². The predicted molar refractivity (Wildman–Crippen MR) is 123 cm³/mol. The first kappa shape index (κ1) is 33.1. The molecule has 0 aliphatic carbocycles. The van der Waals surface area contributed by atoms with Crippen LogP contribution in [0.15, 0.2) is 0 Å². The van der Waals surface area contributed by atoms with Crippen LogP contribution in [0, 0.1) is 0 Å². The van der Waals surface area contributed by atoms with Gasteiger partial charge in [-0.05, 0) is 6.92 Å². The lowest BCUT2D eigenvalue weighted by Gasteiger charge is -2.15. The average Bonchev–Trinajstić information content (AvgIpc) is 3.36. The number of hydrogen-bond acceptors (Lipinski definition) is 14. The topological polar surface area (TPSA) is 198 Å². The Morgan fingerprint density at radius 3 is 1.51 bits per heavy atom. The van der Waals surface area contributed by atoms with Gasteiger partial charge in [-0.2, -0.15) is 0 Å². The molecule has 218 valence electrons. The van der Waals surface area contributed by atoms with E-state index in [0.29, 0.717) is 10.1 Å². The van der Waals surface area contributed by atoms with Crippen molar-refractivity contribution < 1.29 is 67.0 Å². The number of imide groups is 2. The van der Waals surface area contributed by atoms with Crippen LogP contribution >= 0.6 is 0 Å². The molecule has 2 aliphatic heterocycles. The molecule has 0 spiro atoms. The highest BCUT2D eigenvalue weighted by molar-refractivity contribution is 6.02. The van der Waals surface area contributed by atoms with Gasteiger partial charge in [0, 0.05) is 39.9 Å². The van der Waals surface area contributed by atoms with Gasteiger partial charge in [0.15, 0.2) is 0 Å². The van der Waals surface area contributed by atoms with Crippen LogP contribution in [-0.4, -0.2) is 97.8 Å². The first-order valence-electron chi connectivity index (χ1n) is 11.9. The molecule has 2 saturated heterocycles. The van der Waals surface area contributed by atoms with Gasteiger partial charge in [0.2, 0.25) is 0 Å². The molecule has 2 heterocycles. The third-order valence-electron chi connectivity index (χ3n) is 4.77. The molecule has 1 unspecified atom stereocenters. The summed E-state index contributed by atoms with van der Waals surface area (Å²) in [6, 6.07) is 0. The molecule has 2 aliphatic rings. The maximum absolute atomic E-state index is 11.5. The number of hydrogen-bond donors (Lipinski definition) is 0. The van der Waals surface area contributed by atoms with Crippen LogP contribution in [0.3, 0.4) is 0 Å². The summed E-state index contributed by atoms with van der Waals surface area (Å²) in [5.41, 5.74) is 0. The van der Waals surface area contributed by atoms with Gasteiger partial charge < -0.3 is 28.6 Å². The zero-order valence-electron chi connectivity index (χ0n) is 22.0. The standard InChI is InChI=1S/C12H17NO7.C11H15NO7/c1-8(19-11(16)5-6-18-2)7-12(17)20-13-9(14)3-4-10(13)15;1-17-6-4-10(15)18-7-5-11(16)19-12-8(13)2-3-9(12)14/h8H,3-7H2,1-2H3;2-7H2,1H3. The quantitative estimate of drug-likeness (QED) is 0.195. The van der Waals surface area contributed by atoms with Crippen LogP contribution < -0.4 is 0 Å². The van der Waals surface area contributed by atoms with Gasteiger partial charge in [-0.25, -0.2) is 9.59 Å². The Morgan fingerprint density at radius 1 is 0.641 bits per heavy atom. The van der Waals surface area contributed by atoms with Crippen LogP contribution in [0.2, 0.25) is 0 Å². The van der Waals surface area contributed by atoms with Gasteiger partial charge in [-0.3, -0.25) is 28.8 Å². The largest absolute Gasteiger partial charge is 0.465 e. The number of nitrogens with zero attached hydrogens (tertiary/aromatic N) is 2. The zero-order chi connectivity index (χ0) is 29.4. The minimum Gasteiger partial charge on any atom is -0.465 e. The number of ether oxygens (including phenoxy) is 4. The number of methoxy groups -OCH3 is 2. The molecule has 39 heavy (non-hydrogen) atoms. The van der Waals surface area contributed by atoms with Crippen molar-refractivity contribution >= 4 is 47.5 Å². The van der Waals surface area contributed by atoms with E-state index in [1.807, 2.05) is 0 Å². The Kier molecular flexibility index (Phi) is 14.9. The summed E-state index contributed by atoms with van der Waals surface area (Å²) >= 11 is 0. The second-order valence-electron chi connectivity index (χ2n) is 8.05. The molecular weight excluding hydrogens is 528 g/mol. The maximum atomic E-state index is 11.5. The Bertz CT molecular complexity index is 902. The van der Waals surface area contributed by atoms with E-state index in [9.17, 15) is 38.4 Å². The van der Waals surface area contributed by atoms with E-state index < -0.39 is 53.6 Å². The van der Waals surface area contributed by atoms with Gasteiger partial charge in [-0.1, -0.05) is 0 Å². The fraction of sp³-hybridized carbons (Fsp3) is 0.652. The Morgan fingerprint density at radius 2 is 1.05 bits per heavy atom. The van der Waals surface area contributed by atoms with Gasteiger partial charge in [0.05, 0.1) is 38.9 Å². The molecular formula is C23H32N2O14. The average molecular weight is 561 g/mol. The highest BCUT2D eigenvalue weighted by Gasteiger charge is 2.34. The minimum atomic E-state index is -0.805. The van der Waals surface area contributed by atoms with Crippen LogP contribution in [0.25, 0.3) is 0 Å². The first-order chi connectivity index (χ1) is 18.5. The summed E-state index contributed by atoms with van der Waals surface area (Å²) in [6.07, 6.45) is -0.851. The molecule has 0 saturated carbocycles. The lowest BCUT2D eigenvalue weighted by Crippen LogP contribution is -2.33. The summed E-state index contributed by atoms with van der Waals surface area (Å²) in [4.78, 5) is 99.1. The Hall–Kier alpha value is -3.92. The van der Waals surface area contributed by atoms with Crippen molar-refractivity contribution in [1.82, 2.24) is 10.1 Å². The molecule has 1 atom stereocenters. The number of esters is 2. The molecule has 0 aromatic heterocycles. The molecule has 16 heteroatoms. The van der Waals surface area contributed by atoms with Crippen molar-refractivity contribution in [3.05, 3.63) is 0 Å². The minimum absolute atomic E-state index is 0.0354. The summed E-state index contributed by atoms with van der Waals surface area (Å²) in [5, 5.41) is 0.914. The lowest BCUT2D eigenvalue weighted by atomic mass is 10.3. The van der Waals surface area contributed by atoms with E-state index in [-0.39, 0.29) is 71.2 Å². The third kappa shape index (κ3) is 12.9. The molecule has 2 rings (SSSR count). The van der Waals surface area contributed by atoms with Crippen molar-refractivity contribution in [2.75, 3.05) is 34.0 Å². The summed E-state index contributed by atoms with van der Waals surface area (Å²) in [7, 11) is 2.91. The van der Waals surface area contributed by atoms with E-state index in [0.717, 1.165) is 0 Å². The SMILES string of the molecule is COCCC(=O)OC(C)CC(=O)ON1C(=O)CCC1=O.COCCC(=O)OCCC(=O)ON1C(=O)CCC1=O. The van der Waals surface area contributed by atoms with E-state index in [4.69, 9.17) is 14.2 Å². The van der Waals surface area contributed by atoms with E-state index in [1.165, 1.54) is 21.1 Å². The highest BCUT2D eigenvalue weighted by Crippen LogP contribution is 2.14. The lowest BCUT2D eigenvalue weighted by molar-refractivity contribution is -0.199. The van der Waals surface area contributed by atoms with E-state index in [2.05, 4.69) is 14.4 Å². The molecule has 0 N–H and O–H groups in total. The van der Waals surface area contributed by atoms with E-state index >= 15 is 0 Å². The monoisotopic (exact) mass is 560 g/mol. The molecule has 16 nitrogen and oxygen atoms in total. The Labute approximate surface area is 223 Å². The number of carbonyl (C=O) groups excluding carboxylic acids is 8. The van der Waals surface area contributed by atoms with Crippen molar-refractivity contribution in [3.8, 4) is 0 Å². The van der Waals surface area contributed by atoms with Gasteiger partial charge in [0.1, 0.15) is 12.7 Å². The zero-order valence-corrected chi connectivity index (χ0v) is 22.0. The van der Waals surface area contributed by atoms with E-state index in [1.54, 1.807) is 0 Å². The fourth-order valence-corrected chi connectivity index (χ4v) is 2.85. The first-order valence-corrected chi connectivity index (χ1v) is 11.9. The fourth-order valence-electron chi connectivity index (χ4n) is 2.85. The summed E-state index contributed by atoms with van der Waals surface area (Å²) in [5.74, 6) is -4.79. The number of rotatable bonds is 14. The number of amides is 4. The highest BCUT2D eigenvalue weighted by atomic mass is 16.7. The number of hydroxylamine groups is 4. The second kappa shape index (κ2) is 17.6.